The van der Waals surface area contributed by atoms with Crippen LogP contribution in [0.3, 0.4) is 0 Å². The first-order valence-corrected chi connectivity index (χ1v) is 6.73. The van der Waals surface area contributed by atoms with Crippen molar-refractivity contribution in [3.63, 3.8) is 0 Å². The summed E-state index contributed by atoms with van der Waals surface area (Å²) < 4.78 is 11.3. The van der Waals surface area contributed by atoms with Gasteiger partial charge in [0.05, 0.1) is 11.7 Å². The van der Waals surface area contributed by atoms with E-state index in [1.165, 1.54) is 5.57 Å². The van der Waals surface area contributed by atoms with Crippen LogP contribution in [0.2, 0.25) is 0 Å². The number of carbonyl (C=O) groups excluding carboxylic acids is 1. The van der Waals surface area contributed by atoms with Gasteiger partial charge in [0, 0.05) is 17.9 Å². The molecule has 0 unspecified atom stereocenters. The molecule has 98 valence electrons. The summed E-state index contributed by atoms with van der Waals surface area (Å²) in [5.41, 5.74) is 1.91. The lowest BCUT2D eigenvalue weighted by molar-refractivity contribution is -0.139. The highest BCUT2D eigenvalue weighted by atomic mass is 16.6. The summed E-state index contributed by atoms with van der Waals surface area (Å²) in [7, 11) is 0. The van der Waals surface area contributed by atoms with Crippen molar-refractivity contribution >= 4 is 5.97 Å². The number of esters is 1. The molecule has 0 amide bonds. The van der Waals surface area contributed by atoms with Crippen molar-refractivity contribution in [2.75, 3.05) is 0 Å². The molecule has 3 nitrogen and oxygen atoms in total. The minimum atomic E-state index is -0.226. The maximum absolute atomic E-state index is 11.7. The average Bonchev–Trinajstić information content (AvgIpc) is 2.88. The van der Waals surface area contributed by atoms with Crippen LogP contribution in [0.5, 0.6) is 0 Å². The Kier molecular flexibility index (Phi) is 2.63. The van der Waals surface area contributed by atoms with Gasteiger partial charge in [-0.2, -0.15) is 0 Å². The van der Waals surface area contributed by atoms with E-state index >= 15 is 0 Å². The molecule has 0 aromatic heterocycles. The molecular formula is C15H20O3. The number of fused-ring (bicyclic) bond motifs is 2. The van der Waals surface area contributed by atoms with Crippen molar-refractivity contribution in [1.82, 2.24) is 0 Å². The highest BCUT2D eigenvalue weighted by molar-refractivity contribution is 5.90. The van der Waals surface area contributed by atoms with E-state index in [0.29, 0.717) is 11.7 Å². The third-order valence-corrected chi connectivity index (χ3v) is 4.58. The van der Waals surface area contributed by atoms with Gasteiger partial charge in [0.1, 0.15) is 6.10 Å². The van der Waals surface area contributed by atoms with Gasteiger partial charge in [-0.1, -0.05) is 18.2 Å². The van der Waals surface area contributed by atoms with Crippen LogP contribution in [0.4, 0.5) is 0 Å². The van der Waals surface area contributed by atoms with E-state index in [9.17, 15) is 4.79 Å². The molecule has 0 aromatic carbocycles. The summed E-state index contributed by atoms with van der Waals surface area (Å²) in [6.07, 6.45) is 6.33. The van der Waals surface area contributed by atoms with Crippen LogP contribution >= 0.6 is 0 Å². The number of hydrogen-bond donors (Lipinski definition) is 0. The predicted molar refractivity (Wildman–Crippen MR) is 68.0 cm³/mol. The van der Waals surface area contributed by atoms with E-state index < -0.39 is 0 Å². The number of epoxide rings is 1. The lowest BCUT2D eigenvalue weighted by atomic mass is 9.84. The topological polar surface area (TPSA) is 38.8 Å². The second kappa shape index (κ2) is 3.95. The molecule has 0 spiro atoms. The zero-order valence-electron chi connectivity index (χ0n) is 11.1. The molecular weight excluding hydrogens is 228 g/mol. The maximum atomic E-state index is 11.7. The summed E-state index contributed by atoms with van der Waals surface area (Å²) in [5, 5.41) is 0. The van der Waals surface area contributed by atoms with Crippen LogP contribution < -0.4 is 0 Å². The number of carbonyl (C=O) groups is 1. The Labute approximate surface area is 108 Å². The van der Waals surface area contributed by atoms with Crippen molar-refractivity contribution in [1.29, 1.82) is 0 Å². The lowest BCUT2D eigenvalue weighted by Crippen LogP contribution is -2.25. The van der Waals surface area contributed by atoms with Crippen LogP contribution in [0, 0.1) is 5.92 Å². The number of hydrogen-bond acceptors (Lipinski definition) is 3. The summed E-state index contributed by atoms with van der Waals surface area (Å²) in [5.74, 6) is -0.0941. The van der Waals surface area contributed by atoms with Gasteiger partial charge < -0.3 is 9.47 Å². The highest BCUT2D eigenvalue weighted by Gasteiger charge is 2.55. The monoisotopic (exact) mass is 248 g/mol. The van der Waals surface area contributed by atoms with Crippen molar-refractivity contribution in [2.24, 2.45) is 5.92 Å². The molecule has 18 heavy (non-hydrogen) atoms. The largest absolute Gasteiger partial charge is 0.458 e. The molecule has 3 rings (SSSR count). The molecule has 4 atom stereocenters. The molecule has 0 bridgehead atoms. The third kappa shape index (κ3) is 1.91. The molecule has 3 aliphatic rings. The van der Waals surface area contributed by atoms with Gasteiger partial charge in [0.2, 0.25) is 0 Å². The quantitative estimate of drug-likeness (QED) is 0.286. The Morgan fingerprint density at radius 3 is 3.06 bits per heavy atom. The van der Waals surface area contributed by atoms with E-state index in [0.717, 1.165) is 25.7 Å². The Morgan fingerprint density at radius 2 is 2.28 bits per heavy atom. The fourth-order valence-electron chi connectivity index (χ4n) is 3.17. The minimum Gasteiger partial charge on any atom is -0.458 e. The van der Waals surface area contributed by atoms with Gasteiger partial charge in [-0.3, -0.25) is 0 Å². The standard InChI is InChI=1S/C15H20O3/c1-9-4-6-11-10(2)14(16)17-12(11)8-15(3)13(18-15)7-5-9/h4,11-13H,2,5-8H2,1,3H3/b9-4+/t11-,12-,13+,15+/m1/s1. The molecule has 2 heterocycles. The summed E-state index contributed by atoms with van der Waals surface area (Å²) >= 11 is 0. The maximum Gasteiger partial charge on any atom is 0.334 e. The fourth-order valence-corrected chi connectivity index (χ4v) is 3.17. The van der Waals surface area contributed by atoms with Crippen molar-refractivity contribution < 1.29 is 14.3 Å². The second-order valence-corrected chi connectivity index (χ2v) is 6.02. The molecule has 0 saturated carbocycles. The average molecular weight is 248 g/mol. The van der Waals surface area contributed by atoms with E-state index in [1.807, 2.05) is 0 Å². The fraction of sp³-hybridized carbons (Fsp3) is 0.667. The first-order valence-electron chi connectivity index (χ1n) is 6.73. The van der Waals surface area contributed by atoms with Gasteiger partial charge in [-0.25, -0.2) is 4.79 Å². The van der Waals surface area contributed by atoms with Crippen LogP contribution in [0.1, 0.15) is 39.5 Å². The van der Waals surface area contributed by atoms with Crippen LogP contribution in [0.25, 0.3) is 0 Å². The minimum absolute atomic E-state index is 0.0536. The summed E-state index contributed by atoms with van der Waals surface area (Å²) in [6, 6.07) is 0. The van der Waals surface area contributed by atoms with Crippen LogP contribution in [0.15, 0.2) is 23.8 Å². The van der Waals surface area contributed by atoms with Gasteiger partial charge in [-0.15, -0.1) is 0 Å². The van der Waals surface area contributed by atoms with Crippen molar-refractivity contribution in [3.05, 3.63) is 23.8 Å². The van der Waals surface area contributed by atoms with Crippen LogP contribution in [-0.4, -0.2) is 23.8 Å². The first-order chi connectivity index (χ1) is 8.49. The molecule has 3 heteroatoms. The predicted octanol–water partition coefficient (Wildman–Crippen LogP) is 2.76. The Morgan fingerprint density at radius 1 is 1.50 bits per heavy atom. The van der Waals surface area contributed by atoms with E-state index in [1.54, 1.807) is 0 Å². The zero-order valence-corrected chi connectivity index (χ0v) is 11.1. The zero-order chi connectivity index (χ0) is 12.9. The third-order valence-electron chi connectivity index (χ3n) is 4.58. The van der Waals surface area contributed by atoms with Crippen molar-refractivity contribution in [2.45, 2.75) is 57.3 Å². The van der Waals surface area contributed by atoms with Gasteiger partial charge in [0.15, 0.2) is 0 Å². The normalized spacial score (nSPS) is 46.6. The Balaban J connectivity index is 1.86. The molecule has 0 radical (unpaired) electrons. The molecule has 2 aliphatic heterocycles. The number of ether oxygens (including phenoxy) is 2. The van der Waals surface area contributed by atoms with E-state index in [4.69, 9.17) is 9.47 Å². The first kappa shape index (κ1) is 12.0. The molecule has 0 aromatic rings. The van der Waals surface area contributed by atoms with Gasteiger partial charge >= 0.3 is 5.97 Å². The molecule has 2 fully saturated rings. The van der Waals surface area contributed by atoms with E-state index in [2.05, 4.69) is 26.5 Å². The number of rotatable bonds is 0. The smallest absolute Gasteiger partial charge is 0.334 e. The van der Waals surface area contributed by atoms with Crippen molar-refractivity contribution in [3.8, 4) is 0 Å². The van der Waals surface area contributed by atoms with E-state index in [-0.39, 0.29) is 23.6 Å². The lowest BCUT2D eigenvalue weighted by Gasteiger charge is -2.20. The Hall–Kier alpha value is -1.09. The molecule has 0 N–H and O–H groups in total. The Bertz CT molecular complexity index is 437. The molecule has 2 saturated heterocycles. The highest BCUT2D eigenvalue weighted by Crippen LogP contribution is 2.47. The summed E-state index contributed by atoms with van der Waals surface area (Å²) in [4.78, 5) is 11.7. The summed E-state index contributed by atoms with van der Waals surface area (Å²) in [6.45, 7) is 8.17. The second-order valence-electron chi connectivity index (χ2n) is 6.02. The van der Waals surface area contributed by atoms with Gasteiger partial charge in [-0.05, 0) is 33.1 Å². The van der Waals surface area contributed by atoms with Gasteiger partial charge in [0.25, 0.3) is 0 Å². The number of allylic oxidation sites excluding steroid dienone is 2. The molecule has 1 aliphatic carbocycles. The van der Waals surface area contributed by atoms with Crippen LogP contribution in [-0.2, 0) is 14.3 Å². The SMILES string of the molecule is C=C1C(=O)O[C@@H]2C[C@]3(C)O[C@H]3CC/C(C)=C/C[C@H]12.